The van der Waals surface area contributed by atoms with Gasteiger partial charge in [0.25, 0.3) is 11.8 Å². The molecule has 57 heavy (non-hydrogen) atoms. The summed E-state index contributed by atoms with van der Waals surface area (Å²) in [5, 5.41) is 11.9. The molecular weight excluding hydrogens is 758 g/mol. The summed E-state index contributed by atoms with van der Waals surface area (Å²) >= 11 is 0. The normalized spacial score (nSPS) is 28.5. The average Bonchev–Trinajstić information content (AvgIpc) is 4.04. The molecule has 16 heteroatoms. The molecule has 2 aromatic rings. The van der Waals surface area contributed by atoms with Crippen molar-refractivity contribution in [1.82, 2.24) is 24.8 Å². The molecule has 1 aromatic carbocycles. The first-order valence-corrected chi connectivity index (χ1v) is 21.3. The maximum Gasteiger partial charge on any atom is 0.307 e. The SMILES string of the molecule is CC(C)(C)OC(=O)C[C@H]1CCCCC/C=C\[C@@H]2C[C@@]2(C(=O)NS(=O)(=O)C2CC2)NC(=O)[C@@H]2[C@H]3CN(C(=O)c4cccc(-c5ccc(O)c(F)c5)n4)C[C@H]3CN2C1=O. The minimum absolute atomic E-state index is 0.0699. The Kier molecular flexibility index (Phi) is 11.0. The van der Waals surface area contributed by atoms with Crippen LogP contribution in [-0.2, 0) is 33.9 Å². The third-order valence-electron chi connectivity index (χ3n) is 11.7. The quantitative estimate of drug-likeness (QED) is 0.274. The number of allylic oxidation sites excluding steroid dienone is 1. The molecule has 4 fully saturated rings. The summed E-state index contributed by atoms with van der Waals surface area (Å²) in [6.07, 6.45) is 7.97. The average molecular weight is 808 g/mol. The summed E-state index contributed by atoms with van der Waals surface area (Å²) in [6.45, 7) is 5.60. The van der Waals surface area contributed by atoms with Gasteiger partial charge in [-0.25, -0.2) is 17.8 Å². The van der Waals surface area contributed by atoms with Gasteiger partial charge in [-0.2, -0.15) is 0 Å². The molecule has 4 amide bonds. The number of phenols is 1. The Morgan fingerprint density at radius 2 is 1.82 bits per heavy atom. The first kappa shape index (κ1) is 40.3. The maximum atomic E-state index is 14.7. The van der Waals surface area contributed by atoms with Crippen molar-refractivity contribution in [2.45, 2.75) is 101 Å². The van der Waals surface area contributed by atoms with Gasteiger partial charge in [0.05, 0.1) is 17.4 Å². The molecule has 0 bridgehead atoms. The van der Waals surface area contributed by atoms with Gasteiger partial charge in [0, 0.05) is 48.9 Å². The number of fused-ring (bicyclic) bond motifs is 4. The van der Waals surface area contributed by atoms with E-state index >= 15 is 0 Å². The summed E-state index contributed by atoms with van der Waals surface area (Å²) in [5.74, 6) is -6.32. The molecular formula is C41H50FN5O9S. The van der Waals surface area contributed by atoms with Crippen molar-refractivity contribution < 1.29 is 46.6 Å². The first-order chi connectivity index (χ1) is 27.0. The number of aromatic nitrogens is 1. The monoisotopic (exact) mass is 807 g/mol. The summed E-state index contributed by atoms with van der Waals surface area (Å²) in [6, 6.07) is 7.43. The number of amides is 4. The topological polar surface area (TPSA) is 192 Å². The van der Waals surface area contributed by atoms with Crippen molar-refractivity contribution in [2.75, 3.05) is 19.6 Å². The van der Waals surface area contributed by atoms with Gasteiger partial charge in [0.1, 0.15) is 22.9 Å². The van der Waals surface area contributed by atoms with Crippen LogP contribution in [0.5, 0.6) is 5.75 Å². The Bertz CT molecular complexity index is 2100. The Morgan fingerprint density at radius 1 is 1.05 bits per heavy atom. The van der Waals surface area contributed by atoms with Crippen LogP contribution in [0.3, 0.4) is 0 Å². The number of sulfonamides is 1. The lowest BCUT2D eigenvalue weighted by atomic mass is 9.92. The molecule has 6 atom stereocenters. The van der Waals surface area contributed by atoms with E-state index in [1.54, 1.807) is 37.8 Å². The van der Waals surface area contributed by atoms with E-state index in [9.17, 15) is 41.9 Å². The fourth-order valence-corrected chi connectivity index (χ4v) is 9.86. The van der Waals surface area contributed by atoms with Crippen LogP contribution < -0.4 is 10.0 Å². The van der Waals surface area contributed by atoms with Crippen LogP contribution in [0, 0.1) is 29.5 Å². The lowest BCUT2D eigenvalue weighted by Crippen LogP contribution is -2.58. The second kappa shape index (κ2) is 15.5. The van der Waals surface area contributed by atoms with E-state index in [1.165, 1.54) is 23.1 Å². The second-order valence-electron chi connectivity index (χ2n) is 17.1. The van der Waals surface area contributed by atoms with Crippen LogP contribution >= 0.6 is 0 Å². The van der Waals surface area contributed by atoms with Gasteiger partial charge in [0.2, 0.25) is 21.8 Å². The smallest absolute Gasteiger partial charge is 0.307 e. The minimum atomic E-state index is -3.93. The zero-order chi connectivity index (χ0) is 40.9. The molecule has 306 valence electrons. The molecule has 0 radical (unpaired) electrons. The standard InChI is InChI=1S/C41H50FN5O9S/c1-40(2,3)56-34(49)19-25-10-7-5-4-6-8-11-27-20-41(27,39(53)45-57(54,55)28-15-16-28)44-36(50)35-29-23-46(21-26(29)22-47(35)37(25)51)38(52)32-13-9-12-31(43-32)24-14-17-33(48)30(42)18-24/h8-9,11-14,17-18,25-29,35,48H,4-7,10,15-16,19-23H2,1-3H3,(H,44,50)(H,45,53)/b11-8-/t25-,26+,27-,29+,35+,41-/m1/s1. The number of carbonyl (C=O) groups is 5. The number of hydrogen-bond donors (Lipinski definition) is 3. The van der Waals surface area contributed by atoms with Crippen molar-refractivity contribution in [3.63, 3.8) is 0 Å². The summed E-state index contributed by atoms with van der Waals surface area (Å²) in [4.78, 5) is 77.7. The van der Waals surface area contributed by atoms with Crippen molar-refractivity contribution in [1.29, 1.82) is 0 Å². The van der Waals surface area contributed by atoms with Crippen molar-refractivity contribution in [3.8, 4) is 17.0 Å². The first-order valence-electron chi connectivity index (χ1n) is 19.8. The van der Waals surface area contributed by atoms with Crippen LogP contribution in [0.15, 0.2) is 48.6 Å². The van der Waals surface area contributed by atoms with Crippen LogP contribution in [0.25, 0.3) is 11.3 Å². The molecule has 4 heterocycles. The number of phenolic OH excluding ortho intramolecular Hbond substituents is 1. The molecule has 2 saturated heterocycles. The molecule has 14 nitrogen and oxygen atoms in total. The third-order valence-corrected chi connectivity index (χ3v) is 13.5. The van der Waals surface area contributed by atoms with Crippen molar-refractivity contribution in [3.05, 3.63) is 60.1 Å². The highest BCUT2D eigenvalue weighted by molar-refractivity contribution is 7.91. The van der Waals surface area contributed by atoms with Gasteiger partial charge in [-0.3, -0.25) is 28.7 Å². The van der Waals surface area contributed by atoms with Crippen LogP contribution in [0.4, 0.5) is 4.39 Å². The highest BCUT2D eigenvalue weighted by atomic mass is 32.2. The number of esters is 1. The van der Waals surface area contributed by atoms with Crippen molar-refractivity contribution >= 4 is 39.6 Å². The van der Waals surface area contributed by atoms with Crippen LogP contribution in [-0.4, -0.2) is 100.0 Å². The van der Waals surface area contributed by atoms with Gasteiger partial charge in [-0.05, 0) is 89.6 Å². The highest BCUT2D eigenvalue weighted by Crippen LogP contribution is 2.47. The molecule has 1 aromatic heterocycles. The van der Waals surface area contributed by atoms with Gasteiger partial charge in [-0.1, -0.05) is 31.1 Å². The predicted molar refractivity (Wildman–Crippen MR) is 205 cm³/mol. The van der Waals surface area contributed by atoms with Crippen molar-refractivity contribution in [2.24, 2.45) is 23.7 Å². The Labute approximate surface area is 331 Å². The third kappa shape index (κ3) is 8.70. The highest BCUT2D eigenvalue weighted by Gasteiger charge is 2.63. The van der Waals surface area contributed by atoms with E-state index in [4.69, 9.17) is 4.74 Å². The lowest BCUT2D eigenvalue weighted by molar-refractivity contribution is -0.159. The maximum absolute atomic E-state index is 14.7. The number of nitrogens with one attached hydrogen (secondary N) is 2. The number of pyridine rings is 1. The second-order valence-corrected chi connectivity index (χ2v) is 19.1. The minimum Gasteiger partial charge on any atom is -0.505 e. The summed E-state index contributed by atoms with van der Waals surface area (Å²) in [7, 11) is -3.93. The number of carbonyl (C=O) groups excluding carboxylic acids is 5. The van der Waals surface area contributed by atoms with E-state index in [2.05, 4.69) is 15.0 Å². The molecule has 2 saturated carbocycles. The fraction of sp³-hybridized carbons (Fsp3) is 0.561. The Morgan fingerprint density at radius 3 is 2.54 bits per heavy atom. The molecule has 2 aliphatic carbocycles. The fourth-order valence-electron chi connectivity index (χ4n) is 8.50. The number of likely N-dealkylation sites (tertiary alicyclic amines) is 1. The zero-order valence-electron chi connectivity index (χ0n) is 32.4. The van der Waals surface area contributed by atoms with E-state index in [0.717, 1.165) is 18.9 Å². The molecule has 0 spiro atoms. The van der Waals surface area contributed by atoms with Gasteiger partial charge >= 0.3 is 5.97 Å². The zero-order valence-corrected chi connectivity index (χ0v) is 33.2. The number of ether oxygens (including phenoxy) is 1. The number of rotatable bonds is 7. The molecule has 3 N–H and O–H groups in total. The molecule has 5 aliphatic rings. The summed E-state index contributed by atoms with van der Waals surface area (Å²) in [5.41, 5.74) is -1.57. The van der Waals surface area contributed by atoms with E-state index in [-0.39, 0.29) is 50.0 Å². The van der Waals surface area contributed by atoms with E-state index in [1.807, 2.05) is 12.2 Å². The lowest BCUT2D eigenvalue weighted by Gasteiger charge is -2.33. The Balaban J connectivity index is 1.18. The Hall–Kier alpha value is -4.86. The van der Waals surface area contributed by atoms with E-state index in [0.29, 0.717) is 43.4 Å². The predicted octanol–water partition coefficient (Wildman–Crippen LogP) is 3.84. The largest absolute Gasteiger partial charge is 0.505 e. The number of nitrogens with zero attached hydrogens (tertiary/aromatic N) is 3. The molecule has 0 unspecified atom stereocenters. The number of hydrogen-bond acceptors (Lipinski definition) is 10. The van der Waals surface area contributed by atoms with Crippen LogP contribution in [0.1, 0.15) is 89.0 Å². The van der Waals surface area contributed by atoms with Gasteiger partial charge in [0.15, 0.2) is 11.6 Å². The number of halogens is 1. The number of aromatic hydroxyl groups is 1. The summed E-state index contributed by atoms with van der Waals surface area (Å²) < 4.78 is 47.8. The number of benzene rings is 1. The van der Waals surface area contributed by atoms with Gasteiger partial charge < -0.3 is 25.0 Å². The molecule has 3 aliphatic heterocycles. The molecule has 7 rings (SSSR count). The van der Waals surface area contributed by atoms with Gasteiger partial charge in [-0.15, -0.1) is 0 Å². The van der Waals surface area contributed by atoms with Crippen LogP contribution in [0.2, 0.25) is 0 Å². The van der Waals surface area contributed by atoms with E-state index < -0.39 is 85.5 Å².